The van der Waals surface area contributed by atoms with Crippen LogP contribution in [-0.2, 0) is 17.9 Å². The van der Waals surface area contributed by atoms with Gasteiger partial charge in [0.25, 0.3) is 0 Å². The molecule has 0 aromatic heterocycles. The van der Waals surface area contributed by atoms with E-state index >= 15 is 0 Å². The topological polar surface area (TPSA) is 39.7 Å². The molecule has 0 spiro atoms. The number of hydrogen-bond donors (Lipinski definition) is 1. The van der Waals surface area contributed by atoms with Crippen molar-refractivity contribution >= 4 is 28.3 Å². The molecule has 2 rings (SSSR count). The second-order valence-electron chi connectivity index (χ2n) is 6.49. The number of ether oxygens (including phenoxy) is 3. The van der Waals surface area contributed by atoms with E-state index in [-0.39, 0.29) is 24.8 Å². The Hall–Kier alpha value is -1.34. The molecule has 0 aliphatic rings. The average Bonchev–Trinajstić information content (AvgIpc) is 2.70. The third kappa shape index (κ3) is 8.91. The first-order valence-electron chi connectivity index (χ1n) is 9.66. The van der Waals surface area contributed by atoms with Crippen LogP contribution in [0.3, 0.4) is 0 Å². The van der Waals surface area contributed by atoms with E-state index in [4.69, 9.17) is 14.2 Å². The number of benzene rings is 2. The number of nitrogens with one attached hydrogen (secondary N) is 1. The molecule has 1 N–H and O–H groups in total. The van der Waals surface area contributed by atoms with Gasteiger partial charge in [-0.25, -0.2) is 4.39 Å². The Bertz CT molecular complexity index is 733. The van der Waals surface area contributed by atoms with E-state index in [0.717, 1.165) is 55.6 Å². The molecule has 0 unspecified atom stereocenters. The second-order valence-corrected chi connectivity index (χ2v) is 7.34. The van der Waals surface area contributed by atoms with Gasteiger partial charge in [0.15, 0.2) is 11.5 Å². The largest absolute Gasteiger partial charge is 0.493 e. The molecule has 0 fully saturated rings. The van der Waals surface area contributed by atoms with Crippen molar-refractivity contribution in [3.8, 4) is 11.5 Å². The van der Waals surface area contributed by atoms with Crippen LogP contribution in [0.25, 0.3) is 0 Å². The summed E-state index contributed by atoms with van der Waals surface area (Å²) < 4.78 is 31.4. The summed E-state index contributed by atoms with van der Waals surface area (Å²) in [6.45, 7) is 5.53. The fourth-order valence-electron chi connectivity index (χ4n) is 2.66. The highest BCUT2D eigenvalue weighted by molar-refractivity contribution is 9.10. The zero-order valence-electron chi connectivity index (χ0n) is 17.0. The van der Waals surface area contributed by atoms with Crippen molar-refractivity contribution in [3.63, 3.8) is 0 Å². The van der Waals surface area contributed by atoms with E-state index in [1.807, 2.05) is 12.1 Å². The van der Waals surface area contributed by atoms with Gasteiger partial charge in [0, 0.05) is 25.3 Å². The Morgan fingerprint density at radius 3 is 2.59 bits per heavy atom. The molecule has 29 heavy (non-hydrogen) atoms. The Morgan fingerprint density at radius 1 is 1.10 bits per heavy atom. The van der Waals surface area contributed by atoms with Crippen molar-refractivity contribution in [1.82, 2.24) is 5.32 Å². The summed E-state index contributed by atoms with van der Waals surface area (Å²) in [5.41, 5.74) is 1.58. The van der Waals surface area contributed by atoms with Crippen molar-refractivity contribution in [2.24, 2.45) is 0 Å². The molecular weight excluding hydrogens is 461 g/mol. The van der Waals surface area contributed by atoms with Crippen LogP contribution in [0.1, 0.15) is 37.3 Å². The molecule has 4 nitrogen and oxygen atoms in total. The third-order valence-corrected chi connectivity index (χ3v) is 4.82. The monoisotopic (exact) mass is 489 g/mol. The summed E-state index contributed by atoms with van der Waals surface area (Å²) in [5.74, 6) is 0.904. The lowest BCUT2D eigenvalue weighted by atomic mass is 10.2. The van der Waals surface area contributed by atoms with Crippen molar-refractivity contribution < 1.29 is 18.6 Å². The first kappa shape index (κ1) is 25.7. The molecule has 7 heteroatoms. The first-order valence-corrected chi connectivity index (χ1v) is 10.5. The molecule has 0 aliphatic carbocycles. The maximum Gasteiger partial charge on any atom is 0.175 e. The number of methoxy groups -OCH3 is 1. The zero-order chi connectivity index (χ0) is 20.2. The van der Waals surface area contributed by atoms with Crippen LogP contribution < -0.4 is 14.8 Å². The molecule has 162 valence electrons. The molecule has 0 saturated carbocycles. The standard InChI is InChI=1S/C22H29BrFNO3.ClH/c1-3-4-11-27-12-7-10-25-15-17-13-19(23)22(21(14-17)26-2)28-16-18-8-5-6-9-20(18)24;/h5-6,8-9,13-14,25H,3-4,7,10-12,15-16H2,1-2H3;1H. The quantitative estimate of drug-likeness (QED) is 0.355. The zero-order valence-corrected chi connectivity index (χ0v) is 19.4. The predicted octanol–water partition coefficient (Wildman–Crippen LogP) is 5.89. The van der Waals surface area contributed by atoms with Crippen LogP contribution in [0.2, 0.25) is 0 Å². The van der Waals surface area contributed by atoms with E-state index in [2.05, 4.69) is 28.2 Å². The van der Waals surface area contributed by atoms with Crippen LogP contribution in [0, 0.1) is 5.82 Å². The molecule has 0 heterocycles. The molecule has 0 aliphatic heterocycles. The van der Waals surface area contributed by atoms with E-state index in [1.165, 1.54) is 6.07 Å². The molecular formula is C22H30BrClFNO3. The number of halogens is 3. The normalized spacial score (nSPS) is 10.5. The maximum atomic E-state index is 13.8. The van der Waals surface area contributed by atoms with Crippen molar-refractivity contribution in [1.29, 1.82) is 0 Å². The van der Waals surface area contributed by atoms with E-state index in [1.54, 1.807) is 25.3 Å². The minimum Gasteiger partial charge on any atom is -0.493 e. The van der Waals surface area contributed by atoms with Gasteiger partial charge in [-0.1, -0.05) is 31.5 Å². The molecule has 0 saturated heterocycles. The molecule has 2 aromatic rings. The summed E-state index contributed by atoms with van der Waals surface area (Å²) in [6, 6.07) is 10.5. The highest BCUT2D eigenvalue weighted by Crippen LogP contribution is 2.37. The summed E-state index contributed by atoms with van der Waals surface area (Å²) in [6.07, 6.45) is 3.26. The Balaban J connectivity index is 0.00000420. The Morgan fingerprint density at radius 2 is 1.86 bits per heavy atom. The van der Waals surface area contributed by atoms with Gasteiger partial charge in [0.1, 0.15) is 12.4 Å². The molecule has 0 radical (unpaired) electrons. The fraction of sp³-hybridized carbons (Fsp3) is 0.455. The van der Waals surface area contributed by atoms with Crippen LogP contribution in [0.15, 0.2) is 40.9 Å². The van der Waals surface area contributed by atoms with Gasteiger partial charge in [0.2, 0.25) is 0 Å². The van der Waals surface area contributed by atoms with Gasteiger partial charge in [-0.05, 0) is 59.1 Å². The fourth-order valence-corrected chi connectivity index (χ4v) is 3.27. The number of hydrogen-bond acceptors (Lipinski definition) is 4. The number of unbranched alkanes of at least 4 members (excludes halogenated alkanes) is 1. The van der Waals surface area contributed by atoms with Crippen molar-refractivity contribution in [3.05, 3.63) is 57.8 Å². The summed E-state index contributed by atoms with van der Waals surface area (Å²) in [7, 11) is 1.60. The second kappa shape index (κ2) is 14.6. The molecule has 0 bridgehead atoms. The van der Waals surface area contributed by atoms with Crippen LogP contribution in [0.5, 0.6) is 11.5 Å². The van der Waals surface area contributed by atoms with Crippen molar-refractivity contribution in [2.75, 3.05) is 26.9 Å². The number of rotatable bonds is 13. The highest BCUT2D eigenvalue weighted by Gasteiger charge is 2.13. The van der Waals surface area contributed by atoms with E-state index in [9.17, 15) is 4.39 Å². The Kier molecular flexibility index (Phi) is 12.9. The van der Waals surface area contributed by atoms with Crippen molar-refractivity contribution in [2.45, 2.75) is 39.3 Å². The lowest BCUT2D eigenvalue weighted by molar-refractivity contribution is 0.129. The van der Waals surface area contributed by atoms with Crippen LogP contribution >= 0.6 is 28.3 Å². The molecule has 0 amide bonds. The average molecular weight is 491 g/mol. The molecule has 2 aromatic carbocycles. The third-order valence-electron chi connectivity index (χ3n) is 4.23. The van der Waals surface area contributed by atoms with Gasteiger partial charge >= 0.3 is 0 Å². The van der Waals surface area contributed by atoms with E-state index < -0.39 is 0 Å². The minimum absolute atomic E-state index is 0. The highest BCUT2D eigenvalue weighted by atomic mass is 79.9. The summed E-state index contributed by atoms with van der Waals surface area (Å²) >= 11 is 3.54. The maximum absolute atomic E-state index is 13.8. The van der Waals surface area contributed by atoms with E-state index in [0.29, 0.717) is 17.1 Å². The Labute approximate surface area is 187 Å². The van der Waals surface area contributed by atoms with Crippen LogP contribution in [0.4, 0.5) is 4.39 Å². The SMILES string of the molecule is CCCCOCCCNCc1cc(Br)c(OCc2ccccc2F)c(OC)c1.Cl. The lowest BCUT2D eigenvalue weighted by Gasteiger charge is -2.15. The lowest BCUT2D eigenvalue weighted by Crippen LogP contribution is -2.16. The first-order chi connectivity index (χ1) is 13.7. The molecule has 0 atom stereocenters. The smallest absolute Gasteiger partial charge is 0.175 e. The van der Waals surface area contributed by atoms with Gasteiger partial charge in [-0.15, -0.1) is 12.4 Å². The van der Waals surface area contributed by atoms with Gasteiger partial charge < -0.3 is 19.5 Å². The van der Waals surface area contributed by atoms with Crippen LogP contribution in [-0.4, -0.2) is 26.9 Å². The predicted molar refractivity (Wildman–Crippen MR) is 121 cm³/mol. The summed E-state index contributed by atoms with van der Waals surface area (Å²) in [4.78, 5) is 0. The van der Waals surface area contributed by atoms with Gasteiger partial charge in [-0.2, -0.15) is 0 Å². The van der Waals surface area contributed by atoms with Gasteiger partial charge in [0.05, 0.1) is 11.6 Å². The summed E-state index contributed by atoms with van der Waals surface area (Å²) in [5, 5.41) is 3.41. The van der Waals surface area contributed by atoms with Gasteiger partial charge in [-0.3, -0.25) is 0 Å². The minimum atomic E-state index is -0.280.